The Bertz CT molecular complexity index is 949. The smallest absolute Gasteiger partial charge is 0.165 e. The van der Waals surface area contributed by atoms with E-state index in [-0.39, 0.29) is 17.6 Å². The van der Waals surface area contributed by atoms with Crippen molar-refractivity contribution in [3.8, 4) is 0 Å². The topological polar surface area (TPSA) is 32.8 Å². The fourth-order valence-corrected chi connectivity index (χ4v) is 4.98. The van der Waals surface area contributed by atoms with Crippen molar-refractivity contribution in [2.24, 2.45) is 5.92 Å². The molecule has 1 saturated heterocycles. The summed E-state index contributed by atoms with van der Waals surface area (Å²) in [6.45, 7) is 2.32. The summed E-state index contributed by atoms with van der Waals surface area (Å²) in [5.41, 5.74) is 1.06. The average molecular weight is 451 g/mol. The second-order valence-corrected chi connectivity index (χ2v) is 9.20. The van der Waals surface area contributed by atoms with E-state index in [1.54, 1.807) is 18.2 Å². The molecule has 0 aromatic heterocycles. The number of aliphatic hydroxyl groups is 1. The van der Waals surface area contributed by atoms with Crippen LogP contribution in [-0.2, 0) is 11.2 Å². The van der Waals surface area contributed by atoms with Crippen molar-refractivity contribution in [1.82, 2.24) is 0 Å². The number of benzene rings is 2. The number of epoxide rings is 1. The summed E-state index contributed by atoms with van der Waals surface area (Å²) in [7, 11) is 0. The van der Waals surface area contributed by atoms with Crippen molar-refractivity contribution in [3.05, 3.63) is 69.8 Å². The first-order valence-electron chi connectivity index (χ1n) is 11.6. The monoisotopic (exact) mass is 450 g/mol. The molecule has 1 aliphatic carbocycles. The van der Waals surface area contributed by atoms with E-state index in [2.05, 4.69) is 0 Å². The molecule has 2 aromatic carbocycles. The molecule has 1 heterocycles. The fourth-order valence-electron chi connectivity index (χ4n) is 4.98. The molecule has 0 spiro atoms. The van der Waals surface area contributed by atoms with Gasteiger partial charge in [0.2, 0.25) is 0 Å². The molecule has 1 aliphatic heterocycles. The number of aryl methyl sites for hydroxylation is 1. The molecule has 2 unspecified atom stereocenters. The first kappa shape index (κ1) is 23.2. The molecule has 2 aromatic rings. The quantitative estimate of drug-likeness (QED) is 0.345. The summed E-state index contributed by atoms with van der Waals surface area (Å²) in [5.74, 6) is -3.07. The van der Waals surface area contributed by atoms with Crippen LogP contribution in [0.5, 0.6) is 0 Å². The van der Waals surface area contributed by atoms with Crippen LogP contribution in [0.1, 0.15) is 92.2 Å². The van der Waals surface area contributed by atoms with Gasteiger partial charge in [-0.3, -0.25) is 0 Å². The van der Waals surface area contributed by atoms with Gasteiger partial charge in [-0.2, -0.15) is 0 Å². The van der Waals surface area contributed by atoms with Crippen LogP contribution in [-0.4, -0.2) is 11.7 Å². The van der Waals surface area contributed by atoms with Crippen molar-refractivity contribution in [2.45, 2.75) is 76.4 Å². The Morgan fingerprint density at radius 3 is 2.22 bits per heavy atom. The Morgan fingerprint density at radius 1 is 0.906 bits per heavy atom. The van der Waals surface area contributed by atoms with Crippen molar-refractivity contribution in [2.75, 3.05) is 6.61 Å². The van der Waals surface area contributed by atoms with Gasteiger partial charge < -0.3 is 9.84 Å². The van der Waals surface area contributed by atoms with E-state index >= 15 is 0 Å². The minimum Gasteiger partial charge on any atom is -0.388 e. The molecule has 6 heteroatoms. The third-order valence-electron chi connectivity index (χ3n) is 7.04. The fraction of sp³-hybridized carbons (Fsp3) is 0.538. The normalized spacial score (nSPS) is 23.9. The predicted molar refractivity (Wildman–Crippen MR) is 114 cm³/mol. The van der Waals surface area contributed by atoms with E-state index in [1.165, 1.54) is 6.07 Å². The Kier molecular flexibility index (Phi) is 7.21. The lowest BCUT2D eigenvalue weighted by atomic mass is 9.76. The highest BCUT2D eigenvalue weighted by atomic mass is 19.2. The molecular formula is C26H30F4O2. The van der Waals surface area contributed by atoms with E-state index in [9.17, 15) is 22.7 Å². The van der Waals surface area contributed by atoms with Crippen LogP contribution in [0.3, 0.4) is 0 Å². The zero-order valence-electron chi connectivity index (χ0n) is 18.4. The molecule has 0 radical (unpaired) electrons. The number of aliphatic hydroxyl groups excluding tert-OH is 1. The number of hydrogen-bond donors (Lipinski definition) is 1. The van der Waals surface area contributed by atoms with Gasteiger partial charge in [0, 0.05) is 11.1 Å². The second-order valence-electron chi connectivity index (χ2n) is 9.20. The van der Waals surface area contributed by atoms with Gasteiger partial charge in [-0.25, -0.2) is 17.6 Å². The number of rotatable bonds is 8. The maximum atomic E-state index is 14.6. The van der Waals surface area contributed by atoms with Crippen LogP contribution >= 0.6 is 0 Å². The van der Waals surface area contributed by atoms with Gasteiger partial charge in [-0.1, -0.05) is 37.6 Å². The summed E-state index contributed by atoms with van der Waals surface area (Å²) >= 11 is 0. The lowest BCUT2D eigenvalue weighted by Gasteiger charge is -2.29. The van der Waals surface area contributed by atoms with Gasteiger partial charge >= 0.3 is 0 Å². The lowest BCUT2D eigenvalue weighted by Crippen LogP contribution is -2.16. The molecule has 2 nitrogen and oxygen atoms in total. The zero-order chi connectivity index (χ0) is 22.8. The number of halogens is 4. The van der Waals surface area contributed by atoms with Crippen LogP contribution < -0.4 is 0 Å². The SMILES string of the molecule is CCCC(O)c1ccc(CCC2CCC(c3ccc(C4CO4)c(F)c3F)CC2)c(F)c1F. The van der Waals surface area contributed by atoms with Crippen molar-refractivity contribution in [1.29, 1.82) is 0 Å². The van der Waals surface area contributed by atoms with Gasteiger partial charge in [-0.05, 0) is 67.9 Å². The van der Waals surface area contributed by atoms with Crippen molar-refractivity contribution >= 4 is 0 Å². The zero-order valence-corrected chi connectivity index (χ0v) is 18.4. The molecule has 174 valence electrons. The van der Waals surface area contributed by atoms with Crippen LogP contribution in [0.2, 0.25) is 0 Å². The third-order valence-corrected chi connectivity index (χ3v) is 7.04. The Morgan fingerprint density at radius 2 is 1.56 bits per heavy atom. The highest BCUT2D eigenvalue weighted by Gasteiger charge is 2.32. The van der Waals surface area contributed by atoms with Gasteiger partial charge in [0.15, 0.2) is 23.3 Å². The molecule has 1 N–H and O–H groups in total. The number of hydrogen-bond acceptors (Lipinski definition) is 2. The van der Waals surface area contributed by atoms with Crippen molar-refractivity contribution < 1.29 is 27.4 Å². The Labute approximate surface area is 186 Å². The van der Waals surface area contributed by atoms with E-state index in [4.69, 9.17) is 4.74 Å². The van der Waals surface area contributed by atoms with Crippen LogP contribution in [0.25, 0.3) is 0 Å². The highest BCUT2D eigenvalue weighted by molar-refractivity contribution is 5.32. The molecule has 0 bridgehead atoms. The first-order valence-corrected chi connectivity index (χ1v) is 11.6. The largest absolute Gasteiger partial charge is 0.388 e. The second kappa shape index (κ2) is 9.92. The molecule has 4 rings (SSSR count). The van der Waals surface area contributed by atoms with Crippen molar-refractivity contribution in [3.63, 3.8) is 0 Å². The summed E-state index contributed by atoms with van der Waals surface area (Å²) in [6.07, 6.45) is 4.09. The van der Waals surface area contributed by atoms with E-state index in [1.807, 2.05) is 6.92 Å². The van der Waals surface area contributed by atoms with E-state index in [0.717, 1.165) is 32.1 Å². The molecular weight excluding hydrogens is 420 g/mol. The van der Waals surface area contributed by atoms with Gasteiger partial charge in [0.05, 0.1) is 12.7 Å². The maximum Gasteiger partial charge on any atom is 0.165 e. The summed E-state index contributed by atoms with van der Waals surface area (Å²) < 4.78 is 62.9. The predicted octanol–water partition coefficient (Wildman–Crippen LogP) is 7.05. The molecule has 2 aliphatic rings. The molecule has 2 atom stereocenters. The average Bonchev–Trinajstić information content (AvgIpc) is 3.62. The minimum absolute atomic E-state index is 0.0159. The Hall–Kier alpha value is -1.92. The standard InChI is InChI=1S/C26H30F4O2/c1-2-3-21(31)19-11-10-17(23(27)25(19)29)9-6-15-4-7-16(8-5-15)18-12-13-20(22-14-32-22)26(30)24(18)28/h10-13,15-16,21-22,31H,2-9,14H2,1H3. The van der Waals surface area contributed by atoms with E-state index < -0.39 is 29.4 Å². The maximum absolute atomic E-state index is 14.6. The lowest BCUT2D eigenvalue weighted by molar-refractivity contribution is 0.160. The van der Waals surface area contributed by atoms with Crippen LogP contribution in [0.15, 0.2) is 24.3 Å². The summed E-state index contributed by atoms with van der Waals surface area (Å²) in [6, 6.07) is 6.38. The first-order chi connectivity index (χ1) is 15.4. The molecule has 1 saturated carbocycles. The molecule has 2 fully saturated rings. The van der Waals surface area contributed by atoms with Crippen LogP contribution in [0.4, 0.5) is 17.6 Å². The van der Waals surface area contributed by atoms with Crippen LogP contribution in [0, 0.1) is 29.2 Å². The Balaban J connectivity index is 1.33. The minimum atomic E-state index is -0.991. The van der Waals surface area contributed by atoms with E-state index in [0.29, 0.717) is 48.5 Å². The number of ether oxygens (including phenoxy) is 1. The third kappa shape index (κ3) is 4.86. The molecule has 32 heavy (non-hydrogen) atoms. The van der Waals surface area contributed by atoms with Gasteiger partial charge in [0.1, 0.15) is 6.10 Å². The highest BCUT2D eigenvalue weighted by Crippen LogP contribution is 2.41. The summed E-state index contributed by atoms with van der Waals surface area (Å²) in [4.78, 5) is 0. The van der Waals surface area contributed by atoms with Gasteiger partial charge in [-0.15, -0.1) is 0 Å². The van der Waals surface area contributed by atoms with Gasteiger partial charge in [0.25, 0.3) is 0 Å². The summed E-state index contributed by atoms with van der Waals surface area (Å²) in [5, 5.41) is 9.99. The molecule has 0 amide bonds.